The van der Waals surface area contributed by atoms with Crippen LogP contribution in [0.1, 0.15) is 29.5 Å². The van der Waals surface area contributed by atoms with E-state index in [1.807, 2.05) is 36.4 Å². The molecule has 0 bridgehead atoms. The van der Waals surface area contributed by atoms with Crippen LogP contribution in [0.15, 0.2) is 91.0 Å². The molecule has 1 nitrogen and oxygen atoms in total. The molecule has 1 aliphatic rings. The van der Waals surface area contributed by atoms with Gasteiger partial charge in [-0.05, 0) is 36.0 Å². The van der Waals surface area contributed by atoms with E-state index in [0.29, 0.717) is 6.10 Å². The van der Waals surface area contributed by atoms with Gasteiger partial charge in [0.05, 0.1) is 6.10 Å². The first-order valence-electron chi connectivity index (χ1n) is 9.34. The Hall–Kier alpha value is -2.64. The first-order valence-corrected chi connectivity index (χ1v) is 9.34. The van der Waals surface area contributed by atoms with Crippen molar-refractivity contribution in [3.05, 3.63) is 108 Å². The van der Waals surface area contributed by atoms with E-state index in [1.165, 1.54) is 29.5 Å². The van der Waals surface area contributed by atoms with Gasteiger partial charge in [-0.2, -0.15) is 0 Å². The highest BCUT2D eigenvalue weighted by atomic mass is 16.5. The second kappa shape index (κ2) is 10.4. The molecule has 1 aliphatic heterocycles. The lowest BCUT2D eigenvalue weighted by molar-refractivity contribution is 0.111. The summed E-state index contributed by atoms with van der Waals surface area (Å²) in [5, 5.41) is 0. The van der Waals surface area contributed by atoms with Gasteiger partial charge in [0, 0.05) is 6.61 Å². The topological polar surface area (TPSA) is 9.23 Å². The number of benzene rings is 3. The third kappa shape index (κ3) is 6.34. The van der Waals surface area contributed by atoms with E-state index in [4.69, 9.17) is 4.74 Å². The van der Waals surface area contributed by atoms with E-state index in [0.717, 1.165) is 13.0 Å². The molecule has 4 rings (SSSR count). The van der Waals surface area contributed by atoms with Gasteiger partial charge in [-0.25, -0.2) is 0 Å². The Labute approximate surface area is 157 Å². The minimum Gasteiger partial charge on any atom is -0.378 e. The molecule has 26 heavy (non-hydrogen) atoms. The summed E-state index contributed by atoms with van der Waals surface area (Å²) >= 11 is 0. The van der Waals surface area contributed by atoms with Crippen molar-refractivity contribution < 1.29 is 4.74 Å². The molecule has 1 heterocycles. The summed E-state index contributed by atoms with van der Waals surface area (Å²) in [5.41, 5.74) is 3.86. The van der Waals surface area contributed by atoms with Crippen molar-refractivity contribution in [2.45, 2.75) is 25.4 Å². The average molecular weight is 342 g/mol. The maximum Gasteiger partial charge on any atom is 0.0616 e. The summed E-state index contributed by atoms with van der Waals surface area (Å²) < 4.78 is 5.56. The molecule has 0 aromatic heterocycles. The molecule has 3 aromatic carbocycles. The highest BCUT2D eigenvalue weighted by molar-refractivity contribution is 5.69. The van der Waals surface area contributed by atoms with E-state index in [9.17, 15) is 0 Å². The molecule has 0 aliphatic carbocycles. The minimum absolute atomic E-state index is 0.479. The molecule has 1 fully saturated rings. The molecular formula is C25H26O. The smallest absolute Gasteiger partial charge is 0.0616 e. The van der Waals surface area contributed by atoms with Gasteiger partial charge in [-0.1, -0.05) is 103 Å². The summed E-state index contributed by atoms with van der Waals surface area (Å²) in [6.07, 6.45) is 8.27. The van der Waals surface area contributed by atoms with Crippen LogP contribution in [0.25, 0.3) is 12.2 Å². The van der Waals surface area contributed by atoms with Crippen molar-refractivity contribution in [1.29, 1.82) is 0 Å². The first kappa shape index (κ1) is 18.2. The van der Waals surface area contributed by atoms with Gasteiger partial charge in [0.1, 0.15) is 0 Å². The van der Waals surface area contributed by atoms with Crippen LogP contribution in [0.2, 0.25) is 0 Å². The van der Waals surface area contributed by atoms with Crippen LogP contribution in [0.4, 0.5) is 0 Å². The molecule has 0 radical (unpaired) electrons. The van der Waals surface area contributed by atoms with E-state index in [2.05, 4.69) is 66.7 Å². The molecule has 1 atom stereocenters. The number of rotatable bonds is 4. The fourth-order valence-corrected chi connectivity index (χ4v) is 3.00. The summed E-state index contributed by atoms with van der Waals surface area (Å²) in [5.74, 6) is 0. The molecule has 0 amide bonds. The van der Waals surface area contributed by atoms with Gasteiger partial charge < -0.3 is 4.74 Å². The van der Waals surface area contributed by atoms with Crippen molar-refractivity contribution in [3.63, 3.8) is 0 Å². The second-order valence-corrected chi connectivity index (χ2v) is 6.48. The van der Waals surface area contributed by atoms with E-state index in [-0.39, 0.29) is 0 Å². The van der Waals surface area contributed by atoms with Crippen LogP contribution in [-0.4, -0.2) is 12.7 Å². The van der Waals surface area contributed by atoms with Crippen LogP contribution in [0.3, 0.4) is 0 Å². The Morgan fingerprint density at radius 1 is 0.692 bits per heavy atom. The van der Waals surface area contributed by atoms with Crippen molar-refractivity contribution in [2.24, 2.45) is 0 Å². The molecular weight excluding hydrogens is 316 g/mol. The molecule has 1 unspecified atom stereocenters. The van der Waals surface area contributed by atoms with E-state index < -0.39 is 0 Å². The molecule has 0 N–H and O–H groups in total. The van der Waals surface area contributed by atoms with Crippen LogP contribution < -0.4 is 0 Å². The Morgan fingerprint density at radius 3 is 1.65 bits per heavy atom. The summed E-state index contributed by atoms with van der Waals surface area (Å²) in [6.45, 7) is 0.956. The van der Waals surface area contributed by atoms with Crippen molar-refractivity contribution in [3.8, 4) is 0 Å². The lowest BCUT2D eigenvalue weighted by atomic mass is 10.1. The number of ether oxygens (including phenoxy) is 1. The summed E-state index contributed by atoms with van der Waals surface area (Å²) in [4.78, 5) is 0. The van der Waals surface area contributed by atoms with Gasteiger partial charge in [0.25, 0.3) is 0 Å². The summed E-state index contributed by atoms with van der Waals surface area (Å²) in [6, 6.07) is 31.2. The third-order valence-electron chi connectivity index (χ3n) is 4.40. The van der Waals surface area contributed by atoms with Crippen LogP contribution in [-0.2, 0) is 11.2 Å². The highest BCUT2D eigenvalue weighted by Crippen LogP contribution is 2.16. The van der Waals surface area contributed by atoms with E-state index in [1.54, 1.807) is 0 Å². The zero-order valence-corrected chi connectivity index (χ0v) is 15.1. The molecule has 132 valence electrons. The zero-order chi connectivity index (χ0) is 17.9. The standard InChI is InChI=1S/C14H12.C11H14O/c1-3-7-13(8-4-1)11-12-14-9-5-2-6-10-14;1-2-5-10(6-3-1)9-11-7-4-8-12-11/h1-12H;1-3,5-6,11H,4,7-9H2. The quantitative estimate of drug-likeness (QED) is 0.508. The number of hydrogen-bond donors (Lipinski definition) is 0. The van der Waals surface area contributed by atoms with Gasteiger partial charge in [0.2, 0.25) is 0 Å². The summed E-state index contributed by atoms with van der Waals surface area (Å²) in [7, 11) is 0. The average Bonchev–Trinajstić information content (AvgIpc) is 3.22. The molecule has 1 heteroatoms. The Kier molecular flexibility index (Phi) is 7.25. The number of hydrogen-bond acceptors (Lipinski definition) is 1. The normalized spacial score (nSPS) is 16.2. The second-order valence-electron chi connectivity index (χ2n) is 6.48. The first-order chi connectivity index (χ1) is 12.9. The molecule has 1 saturated heterocycles. The van der Waals surface area contributed by atoms with Gasteiger partial charge in [-0.3, -0.25) is 0 Å². The van der Waals surface area contributed by atoms with Crippen molar-refractivity contribution in [1.82, 2.24) is 0 Å². The maximum absolute atomic E-state index is 5.56. The third-order valence-corrected chi connectivity index (χ3v) is 4.40. The van der Waals surface area contributed by atoms with Crippen LogP contribution >= 0.6 is 0 Å². The van der Waals surface area contributed by atoms with Crippen LogP contribution in [0, 0.1) is 0 Å². The van der Waals surface area contributed by atoms with Gasteiger partial charge in [-0.15, -0.1) is 0 Å². The van der Waals surface area contributed by atoms with E-state index >= 15 is 0 Å². The van der Waals surface area contributed by atoms with Crippen molar-refractivity contribution >= 4 is 12.2 Å². The lowest BCUT2D eigenvalue weighted by Gasteiger charge is -2.08. The van der Waals surface area contributed by atoms with Crippen LogP contribution in [0.5, 0.6) is 0 Å². The molecule has 0 spiro atoms. The van der Waals surface area contributed by atoms with Crippen molar-refractivity contribution in [2.75, 3.05) is 6.61 Å². The highest BCUT2D eigenvalue weighted by Gasteiger charge is 2.15. The predicted molar refractivity (Wildman–Crippen MR) is 111 cm³/mol. The molecule has 3 aromatic rings. The van der Waals surface area contributed by atoms with Gasteiger partial charge in [0.15, 0.2) is 0 Å². The SMILES string of the molecule is C(=Cc1ccccc1)c1ccccc1.c1ccc(CC2CCCO2)cc1. The maximum atomic E-state index is 5.56. The fourth-order valence-electron chi connectivity index (χ4n) is 3.00. The Bertz CT molecular complexity index is 716. The molecule has 0 saturated carbocycles. The minimum atomic E-state index is 0.479. The van der Waals surface area contributed by atoms with Gasteiger partial charge >= 0.3 is 0 Å². The largest absolute Gasteiger partial charge is 0.378 e. The predicted octanol–water partition coefficient (Wildman–Crippen LogP) is 6.27. The lowest BCUT2D eigenvalue weighted by Crippen LogP contribution is -2.08. The fraction of sp³-hybridized carbons (Fsp3) is 0.200. The zero-order valence-electron chi connectivity index (χ0n) is 15.1. The monoisotopic (exact) mass is 342 g/mol. The Morgan fingerprint density at radius 2 is 1.19 bits per heavy atom. The Balaban J connectivity index is 0.000000152.